The minimum atomic E-state index is -4.19. The van der Waals surface area contributed by atoms with E-state index in [-0.39, 0.29) is 12.5 Å². The lowest BCUT2D eigenvalue weighted by Crippen LogP contribution is -2.46. The van der Waals surface area contributed by atoms with E-state index < -0.39 is 17.7 Å². The van der Waals surface area contributed by atoms with Crippen LogP contribution >= 0.6 is 0 Å². The predicted molar refractivity (Wildman–Crippen MR) is 141 cm³/mol. The second-order valence-corrected chi connectivity index (χ2v) is 11.2. The van der Waals surface area contributed by atoms with Crippen LogP contribution in [0.25, 0.3) is 11.1 Å². The number of anilines is 1. The maximum atomic E-state index is 13.2. The molecule has 0 bridgehead atoms. The van der Waals surface area contributed by atoms with Gasteiger partial charge in [0.2, 0.25) is 0 Å². The Bertz CT molecular complexity index is 1030. The molecule has 2 heterocycles. The number of benzene rings is 2. The molecule has 0 saturated carbocycles. The molecule has 2 fully saturated rings. The molecule has 1 atom stereocenters. The second kappa shape index (κ2) is 11.4. The second-order valence-electron chi connectivity index (χ2n) is 11.2. The number of rotatable bonds is 7. The van der Waals surface area contributed by atoms with Crippen molar-refractivity contribution in [3.8, 4) is 11.1 Å². The number of nitrogens with zero attached hydrogens (tertiary/aromatic N) is 2. The summed E-state index contributed by atoms with van der Waals surface area (Å²) in [6.07, 6.45) is -1.27. The smallest absolute Gasteiger partial charge is 0.391 e. The van der Waals surface area contributed by atoms with Crippen molar-refractivity contribution in [2.45, 2.75) is 51.8 Å². The Morgan fingerprint density at radius 3 is 2.11 bits per heavy atom. The maximum Gasteiger partial charge on any atom is 0.395 e. The third-order valence-corrected chi connectivity index (χ3v) is 7.72. The number of hydrogen-bond donors (Lipinski definition) is 2. The fraction of sp³-hybridized carbons (Fsp3) is 0.552. The van der Waals surface area contributed by atoms with Gasteiger partial charge in [0.15, 0.2) is 0 Å². The van der Waals surface area contributed by atoms with Crippen LogP contribution in [0.15, 0.2) is 48.5 Å². The third kappa shape index (κ3) is 7.05. The van der Waals surface area contributed by atoms with Crippen molar-refractivity contribution in [3.63, 3.8) is 0 Å². The third-order valence-electron chi connectivity index (χ3n) is 7.72. The Labute approximate surface area is 217 Å². The number of hydrogen-bond acceptors (Lipinski definition) is 4. The van der Waals surface area contributed by atoms with Gasteiger partial charge in [0, 0.05) is 37.4 Å². The molecule has 202 valence electrons. The minimum Gasteiger partial charge on any atom is -0.391 e. The van der Waals surface area contributed by atoms with Crippen LogP contribution in [0.4, 0.5) is 18.9 Å². The number of β-amino-alcohol motifs (C(OH)–C–C–N with tert-alkyl or cyclic N) is 1. The zero-order valence-electron chi connectivity index (χ0n) is 21.7. The number of aliphatic hydroxyl groups is 1. The number of nitrogens with one attached hydrogen (secondary N) is 1. The largest absolute Gasteiger partial charge is 0.395 e. The molecule has 1 amide bonds. The number of amides is 1. The van der Waals surface area contributed by atoms with Crippen molar-refractivity contribution in [1.82, 2.24) is 9.80 Å². The Balaban J connectivity index is 1.24. The van der Waals surface area contributed by atoms with E-state index >= 15 is 0 Å². The summed E-state index contributed by atoms with van der Waals surface area (Å²) in [4.78, 5) is 16.4. The minimum absolute atomic E-state index is 0.0419. The quantitative estimate of drug-likeness (QED) is 0.498. The number of halogens is 3. The molecule has 0 spiro atoms. The molecule has 0 unspecified atom stereocenters. The lowest BCUT2D eigenvalue weighted by molar-refractivity contribution is -0.217. The molecular weight excluding hydrogens is 479 g/mol. The fourth-order valence-electron chi connectivity index (χ4n) is 5.17. The Kier molecular flexibility index (Phi) is 8.49. The molecule has 2 N–H and O–H groups in total. The van der Waals surface area contributed by atoms with Crippen molar-refractivity contribution in [3.05, 3.63) is 54.1 Å². The van der Waals surface area contributed by atoms with E-state index in [1.807, 2.05) is 53.4 Å². The van der Waals surface area contributed by atoms with Crippen molar-refractivity contribution < 1.29 is 23.1 Å². The van der Waals surface area contributed by atoms with Gasteiger partial charge in [0.1, 0.15) is 0 Å². The molecule has 0 aromatic heterocycles. The summed E-state index contributed by atoms with van der Waals surface area (Å²) in [7, 11) is 0. The number of piperidine rings is 2. The van der Waals surface area contributed by atoms with Gasteiger partial charge in [-0.25, -0.2) is 0 Å². The van der Waals surface area contributed by atoms with Gasteiger partial charge >= 0.3 is 6.18 Å². The summed E-state index contributed by atoms with van der Waals surface area (Å²) in [5.41, 5.74) is 2.03. The average molecular weight is 518 g/mol. The number of aliphatic hydroxyl groups excluding tert-OH is 1. The molecule has 2 aromatic rings. The predicted octanol–water partition coefficient (Wildman–Crippen LogP) is 5.66. The fourth-order valence-corrected chi connectivity index (χ4v) is 5.17. The Morgan fingerprint density at radius 2 is 1.54 bits per heavy atom. The van der Waals surface area contributed by atoms with Crippen LogP contribution in [0, 0.1) is 11.3 Å². The number of carbonyl (C=O) groups excluding carboxylic acids is 1. The highest BCUT2D eigenvalue weighted by Crippen LogP contribution is 2.38. The monoisotopic (exact) mass is 517 g/mol. The molecule has 37 heavy (non-hydrogen) atoms. The van der Waals surface area contributed by atoms with Crippen molar-refractivity contribution in [2.75, 3.05) is 44.6 Å². The van der Waals surface area contributed by atoms with Gasteiger partial charge < -0.3 is 20.2 Å². The van der Waals surface area contributed by atoms with Gasteiger partial charge in [-0.1, -0.05) is 24.3 Å². The van der Waals surface area contributed by atoms with E-state index in [2.05, 4.69) is 5.32 Å². The lowest BCUT2D eigenvalue weighted by Gasteiger charge is -2.38. The molecule has 2 aliphatic heterocycles. The average Bonchev–Trinajstić information content (AvgIpc) is 2.87. The first-order valence-electron chi connectivity index (χ1n) is 13.2. The van der Waals surface area contributed by atoms with Gasteiger partial charge in [0.25, 0.3) is 5.91 Å². The number of alkyl halides is 3. The van der Waals surface area contributed by atoms with Gasteiger partial charge in [0.05, 0.1) is 11.5 Å². The topological polar surface area (TPSA) is 55.8 Å². The first kappa shape index (κ1) is 27.5. The van der Waals surface area contributed by atoms with E-state index in [1.54, 1.807) is 4.90 Å². The first-order valence-corrected chi connectivity index (χ1v) is 13.2. The highest BCUT2D eigenvalue weighted by Gasteiger charge is 2.48. The molecule has 2 aromatic carbocycles. The van der Waals surface area contributed by atoms with Crippen molar-refractivity contribution >= 4 is 11.6 Å². The lowest BCUT2D eigenvalue weighted by atomic mass is 9.89. The zero-order valence-corrected chi connectivity index (χ0v) is 21.7. The normalized spacial score (nSPS) is 20.2. The molecule has 4 rings (SSSR count). The summed E-state index contributed by atoms with van der Waals surface area (Å²) >= 11 is 0. The van der Waals surface area contributed by atoms with Crippen molar-refractivity contribution in [2.24, 2.45) is 11.3 Å². The van der Waals surface area contributed by atoms with Crippen LogP contribution in [-0.4, -0.2) is 72.4 Å². The van der Waals surface area contributed by atoms with E-state index in [4.69, 9.17) is 0 Å². The Morgan fingerprint density at radius 1 is 0.946 bits per heavy atom. The van der Waals surface area contributed by atoms with Gasteiger partial charge in [-0.05, 0) is 93.9 Å². The standard InChI is InChI=1S/C29H38F3N3O2/c1-28(2,29(30,31)32)20-34-16-13-21(14-17-34)18-33-25-11-9-23(10-12-25)22-5-7-24(8-6-22)27(37)35-15-3-4-26(36)19-35/h5-12,21,26,33,36H,3-4,13-20H2,1-2H3/t26-/m1/s1. The van der Waals surface area contributed by atoms with Crippen LogP contribution in [0.2, 0.25) is 0 Å². The van der Waals surface area contributed by atoms with E-state index in [0.29, 0.717) is 37.7 Å². The molecule has 5 nitrogen and oxygen atoms in total. The SMILES string of the molecule is CC(C)(CN1CCC(CNc2ccc(-c3ccc(C(=O)N4CCC[C@@H](O)C4)cc3)cc2)CC1)C(F)(F)F. The summed E-state index contributed by atoms with van der Waals surface area (Å²) in [5.74, 6) is 0.399. The van der Waals surface area contributed by atoms with Gasteiger partial charge in [-0.15, -0.1) is 0 Å². The number of carbonyl (C=O) groups is 1. The molecule has 0 aliphatic carbocycles. The highest BCUT2D eigenvalue weighted by molar-refractivity contribution is 5.94. The molecule has 2 saturated heterocycles. The molecule has 8 heteroatoms. The highest BCUT2D eigenvalue weighted by atomic mass is 19.4. The molecular formula is C29H38F3N3O2. The summed E-state index contributed by atoms with van der Waals surface area (Å²) in [6.45, 7) is 5.88. The van der Waals surface area contributed by atoms with Gasteiger partial charge in [-0.2, -0.15) is 13.2 Å². The summed E-state index contributed by atoms with van der Waals surface area (Å²) in [6, 6.07) is 15.7. The van der Waals surface area contributed by atoms with E-state index in [9.17, 15) is 23.1 Å². The summed E-state index contributed by atoms with van der Waals surface area (Å²) in [5, 5.41) is 13.3. The van der Waals surface area contributed by atoms with E-state index in [0.717, 1.165) is 49.0 Å². The first-order chi connectivity index (χ1) is 17.5. The van der Waals surface area contributed by atoms with Crippen LogP contribution < -0.4 is 5.32 Å². The number of likely N-dealkylation sites (tertiary alicyclic amines) is 2. The molecule has 2 aliphatic rings. The van der Waals surface area contributed by atoms with Crippen LogP contribution in [0.3, 0.4) is 0 Å². The Hall–Kier alpha value is -2.58. The zero-order chi connectivity index (χ0) is 26.6. The van der Waals surface area contributed by atoms with E-state index in [1.165, 1.54) is 13.8 Å². The van der Waals surface area contributed by atoms with Crippen molar-refractivity contribution in [1.29, 1.82) is 0 Å². The summed E-state index contributed by atoms with van der Waals surface area (Å²) < 4.78 is 39.5. The van der Waals surface area contributed by atoms with Gasteiger partial charge in [-0.3, -0.25) is 4.79 Å². The van der Waals surface area contributed by atoms with Crippen LogP contribution in [-0.2, 0) is 0 Å². The maximum absolute atomic E-state index is 13.2. The van der Waals surface area contributed by atoms with Crippen LogP contribution in [0.5, 0.6) is 0 Å². The molecule has 0 radical (unpaired) electrons. The van der Waals surface area contributed by atoms with Crippen LogP contribution in [0.1, 0.15) is 49.9 Å².